The van der Waals surface area contributed by atoms with Crippen LogP contribution in [0.4, 0.5) is 4.79 Å². The van der Waals surface area contributed by atoms with Crippen molar-refractivity contribution >= 4 is 17.9 Å². The third-order valence-corrected chi connectivity index (χ3v) is 2.21. The van der Waals surface area contributed by atoms with Gasteiger partial charge in [-0.2, -0.15) is 0 Å². The molecule has 0 atom stereocenters. The second kappa shape index (κ2) is 10.2. The number of unbranched alkanes of at least 4 members (excludes halogenated alkanes) is 2. The van der Waals surface area contributed by atoms with E-state index in [4.69, 9.17) is 5.11 Å². The van der Waals surface area contributed by atoms with Gasteiger partial charge < -0.3 is 21.1 Å². The molecular formula is C12H23N3O4. The molecule has 0 aliphatic heterocycles. The molecule has 0 fully saturated rings. The molecule has 0 saturated carbocycles. The number of rotatable bonds is 9. The number of nitrogens with one attached hydrogen (secondary N) is 3. The van der Waals surface area contributed by atoms with Crippen molar-refractivity contribution in [2.24, 2.45) is 0 Å². The van der Waals surface area contributed by atoms with E-state index in [1.54, 1.807) is 0 Å². The lowest BCUT2D eigenvalue weighted by molar-refractivity contribution is -0.137. The lowest BCUT2D eigenvalue weighted by atomic mass is 10.2. The van der Waals surface area contributed by atoms with Crippen LogP contribution in [0.2, 0.25) is 0 Å². The van der Waals surface area contributed by atoms with Crippen molar-refractivity contribution in [3.8, 4) is 0 Å². The molecule has 0 radical (unpaired) electrons. The summed E-state index contributed by atoms with van der Waals surface area (Å²) in [6, 6.07) is -0.344. The Bertz CT molecular complexity index is 305. The predicted molar refractivity (Wildman–Crippen MR) is 70.8 cm³/mol. The molecule has 7 heteroatoms. The number of hydrogen-bond donors (Lipinski definition) is 4. The molecule has 0 heterocycles. The third kappa shape index (κ3) is 12.5. The molecule has 0 bridgehead atoms. The highest BCUT2D eigenvalue weighted by Gasteiger charge is 2.05. The Balaban J connectivity index is 3.44. The zero-order valence-electron chi connectivity index (χ0n) is 11.5. The average molecular weight is 273 g/mol. The maximum absolute atomic E-state index is 11.3. The van der Waals surface area contributed by atoms with Crippen LogP contribution in [0.5, 0.6) is 0 Å². The number of carboxylic acid groups (broad SMARTS) is 1. The highest BCUT2D eigenvalue weighted by Crippen LogP contribution is 1.98. The van der Waals surface area contributed by atoms with Crippen LogP contribution < -0.4 is 16.0 Å². The molecule has 0 unspecified atom stereocenters. The smallest absolute Gasteiger partial charge is 0.315 e. The van der Waals surface area contributed by atoms with Gasteiger partial charge in [-0.1, -0.05) is 6.42 Å². The quantitative estimate of drug-likeness (QED) is 0.458. The fraction of sp³-hybridized carbons (Fsp3) is 0.750. The van der Waals surface area contributed by atoms with Crippen LogP contribution in [-0.4, -0.2) is 42.1 Å². The van der Waals surface area contributed by atoms with Crippen LogP contribution in [0.25, 0.3) is 0 Å². The normalized spacial score (nSPS) is 10.1. The SMILES string of the molecule is CC(C)NC(=O)CNC(=O)NCCCCCC(=O)O. The van der Waals surface area contributed by atoms with Gasteiger partial charge in [0, 0.05) is 19.0 Å². The predicted octanol–water partition coefficient (Wildman–Crippen LogP) is 0.455. The summed E-state index contributed by atoms with van der Waals surface area (Å²) in [7, 11) is 0. The van der Waals surface area contributed by atoms with E-state index in [1.165, 1.54) is 0 Å². The number of carbonyl (C=O) groups excluding carboxylic acids is 2. The first-order valence-corrected chi connectivity index (χ1v) is 6.44. The Labute approximate surface area is 113 Å². The van der Waals surface area contributed by atoms with Crippen molar-refractivity contribution in [1.29, 1.82) is 0 Å². The molecular weight excluding hydrogens is 250 g/mol. The van der Waals surface area contributed by atoms with Gasteiger partial charge in [0.2, 0.25) is 5.91 Å². The zero-order valence-corrected chi connectivity index (χ0v) is 11.5. The number of carbonyl (C=O) groups is 3. The number of urea groups is 1. The Hall–Kier alpha value is -1.79. The van der Waals surface area contributed by atoms with E-state index in [2.05, 4.69) is 16.0 Å². The number of carboxylic acids is 1. The van der Waals surface area contributed by atoms with Crippen molar-refractivity contribution in [3.05, 3.63) is 0 Å². The van der Waals surface area contributed by atoms with Gasteiger partial charge in [0.05, 0.1) is 6.54 Å². The summed E-state index contributed by atoms with van der Waals surface area (Å²) in [5.41, 5.74) is 0. The van der Waals surface area contributed by atoms with Crippen LogP contribution in [0.3, 0.4) is 0 Å². The molecule has 7 nitrogen and oxygen atoms in total. The van der Waals surface area contributed by atoms with Crippen LogP contribution in [0.1, 0.15) is 39.5 Å². The van der Waals surface area contributed by atoms with Crippen LogP contribution >= 0.6 is 0 Å². The molecule has 0 aliphatic rings. The summed E-state index contributed by atoms with van der Waals surface area (Å²) in [5, 5.41) is 16.1. The monoisotopic (exact) mass is 273 g/mol. The van der Waals surface area contributed by atoms with Gasteiger partial charge in [0.25, 0.3) is 0 Å². The first-order chi connectivity index (χ1) is 8.91. The van der Waals surface area contributed by atoms with Gasteiger partial charge in [-0.25, -0.2) is 4.79 Å². The van der Waals surface area contributed by atoms with E-state index >= 15 is 0 Å². The van der Waals surface area contributed by atoms with E-state index in [1.807, 2.05) is 13.8 Å². The standard InChI is InChI=1S/C12H23N3O4/c1-9(2)15-10(16)8-14-12(19)13-7-5-3-4-6-11(17)18/h9H,3-8H2,1-2H3,(H,15,16)(H,17,18)(H2,13,14,19). The molecule has 4 N–H and O–H groups in total. The number of amides is 3. The summed E-state index contributed by atoms with van der Waals surface area (Å²) < 4.78 is 0. The molecule has 0 aliphatic carbocycles. The van der Waals surface area contributed by atoms with Crippen LogP contribution in [0, 0.1) is 0 Å². The Morgan fingerprint density at radius 1 is 1.05 bits per heavy atom. The molecule has 0 aromatic heterocycles. The van der Waals surface area contributed by atoms with Crippen LogP contribution in [0.15, 0.2) is 0 Å². The molecule has 3 amide bonds. The maximum Gasteiger partial charge on any atom is 0.315 e. The topological polar surface area (TPSA) is 108 Å². The largest absolute Gasteiger partial charge is 0.481 e. The lowest BCUT2D eigenvalue weighted by Crippen LogP contribution is -2.43. The second-order valence-corrected chi connectivity index (χ2v) is 4.54. The molecule has 0 aromatic carbocycles. The molecule has 0 aromatic rings. The summed E-state index contributed by atoms with van der Waals surface area (Å²) in [6.45, 7) is 4.10. The van der Waals surface area contributed by atoms with E-state index in [9.17, 15) is 14.4 Å². The van der Waals surface area contributed by atoms with E-state index in [-0.39, 0.29) is 24.9 Å². The molecule has 110 valence electrons. The van der Waals surface area contributed by atoms with Gasteiger partial charge in [-0.15, -0.1) is 0 Å². The minimum Gasteiger partial charge on any atom is -0.481 e. The summed E-state index contributed by atoms with van der Waals surface area (Å²) in [5.74, 6) is -1.03. The molecule has 0 spiro atoms. The van der Waals surface area contributed by atoms with Crippen molar-refractivity contribution in [1.82, 2.24) is 16.0 Å². The summed E-state index contributed by atoms with van der Waals surface area (Å²) >= 11 is 0. The fourth-order valence-corrected chi connectivity index (χ4v) is 1.38. The highest BCUT2D eigenvalue weighted by molar-refractivity contribution is 5.83. The van der Waals surface area contributed by atoms with Crippen molar-refractivity contribution in [3.63, 3.8) is 0 Å². The maximum atomic E-state index is 11.3. The zero-order chi connectivity index (χ0) is 14.7. The van der Waals surface area contributed by atoms with E-state index in [0.29, 0.717) is 13.0 Å². The Morgan fingerprint density at radius 3 is 2.32 bits per heavy atom. The van der Waals surface area contributed by atoms with Gasteiger partial charge >= 0.3 is 12.0 Å². The average Bonchev–Trinajstić information content (AvgIpc) is 2.29. The number of aliphatic carboxylic acids is 1. The van der Waals surface area contributed by atoms with Crippen LogP contribution in [-0.2, 0) is 9.59 Å². The van der Waals surface area contributed by atoms with Gasteiger partial charge in [0.1, 0.15) is 0 Å². The van der Waals surface area contributed by atoms with Gasteiger partial charge in [-0.05, 0) is 26.7 Å². The molecule has 0 saturated heterocycles. The fourth-order valence-electron chi connectivity index (χ4n) is 1.38. The summed E-state index contributed by atoms with van der Waals surface area (Å²) in [4.78, 5) is 32.8. The van der Waals surface area contributed by atoms with Gasteiger partial charge in [0.15, 0.2) is 0 Å². The first kappa shape index (κ1) is 17.2. The lowest BCUT2D eigenvalue weighted by Gasteiger charge is -2.10. The Morgan fingerprint density at radius 2 is 1.74 bits per heavy atom. The Kier molecular flexibility index (Phi) is 9.20. The van der Waals surface area contributed by atoms with Crippen molar-refractivity contribution < 1.29 is 19.5 Å². The van der Waals surface area contributed by atoms with Gasteiger partial charge in [-0.3, -0.25) is 9.59 Å². The minimum atomic E-state index is -0.804. The molecule has 19 heavy (non-hydrogen) atoms. The van der Waals surface area contributed by atoms with E-state index in [0.717, 1.165) is 12.8 Å². The molecule has 0 rings (SSSR count). The first-order valence-electron chi connectivity index (χ1n) is 6.44. The van der Waals surface area contributed by atoms with Crippen molar-refractivity contribution in [2.75, 3.05) is 13.1 Å². The second-order valence-electron chi connectivity index (χ2n) is 4.54. The number of hydrogen-bond acceptors (Lipinski definition) is 3. The summed E-state index contributed by atoms with van der Waals surface area (Å²) in [6.07, 6.45) is 2.23. The minimum absolute atomic E-state index is 0.0478. The van der Waals surface area contributed by atoms with E-state index < -0.39 is 12.0 Å². The third-order valence-electron chi connectivity index (χ3n) is 2.21. The van der Waals surface area contributed by atoms with Crippen molar-refractivity contribution in [2.45, 2.75) is 45.6 Å². The highest BCUT2D eigenvalue weighted by atomic mass is 16.4.